The monoisotopic (exact) mass is 426 g/mol. The molecule has 1 amide bonds. The van der Waals surface area contributed by atoms with Gasteiger partial charge in [-0.1, -0.05) is 48.5 Å². The summed E-state index contributed by atoms with van der Waals surface area (Å²) in [5, 5.41) is 4.57. The maximum absolute atomic E-state index is 12.7. The maximum Gasteiger partial charge on any atom is 0.241 e. The van der Waals surface area contributed by atoms with Gasteiger partial charge in [-0.05, 0) is 43.0 Å². The van der Waals surface area contributed by atoms with Crippen molar-refractivity contribution in [1.29, 1.82) is 0 Å². The van der Waals surface area contributed by atoms with Gasteiger partial charge in [0.25, 0.3) is 0 Å². The van der Waals surface area contributed by atoms with Crippen LogP contribution in [0.15, 0.2) is 66.7 Å². The van der Waals surface area contributed by atoms with Crippen LogP contribution in [0.2, 0.25) is 0 Å². The Balaban J connectivity index is 1.79. The fourth-order valence-corrected chi connectivity index (χ4v) is 4.20. The van der Waals surface area contributed by atoms with Crippen molar-refractivity contribution >= 4 is 32.4 Å². The van der Waals surface area contributed by atoms with Crippen molar-refractivity contribution in [3.63, 3.8) is 0 Å². The predicted octanol–water partition coefficient (Wildman–Crippen LogP) is 3.88. The molecule has 3 aromatic rings. The Hall–Kier alpha value is -3.06. The van der Waals surface area contributed by atoms with Gasteiger partial charge in [0, 0.05) is 5.39 Å². The zero-order valence-corrected chi connectivity index (χ0v) is 18.1. The molecule has 7 heteroatoms. The van der Waals surface area contributed by atoms with Crippen LogP contribution >= 0.6 is 0 Å². The van der Waals surface area contributed by atoms with Gasteiger partial charge in [0.2, 0.25) is 15.9 Å². The number of hydrogen-bond acceptors (Lipinski definition) is 4. The van der Waals surface area contributed by atoms with Crippen LogP contribution in [0, 0.1) is 0 Å². The highest BCUT2D eigenvalue weighted by Crippen LogP contribution is 2.28. The molecule has 6 nitrogen and oxygen atoms in total. The number of carbonyl (C=O) groups excluding carboxylic acids is 1. The second-order valence-electron chi connectivity index (χ2n) is 7.06. The standard InChI is InChI=1S/C23H26N2O4S/c1-4-29-20-14-12-18(13-15-20)17(2)24-23(26)16-25(30(3,27)28)22-11-7-9-19-8-5-6-10-21(19)22/h5-15,17H,4,16H2,1-3H3,(H,24,26)/t17-/m0/s1. The van der Waals surface area contributed by atoms with Gasteiger partial charge in [-0.15, -0.1) is 0 Å². The number of fused-ring (bicyclic) bond motifs is 1. The molecular formula is C23H26N2O4S. The number of carbonyl (C=O) groups is 1. The van der Waals surface area contributed by atoms with Crippen LogP contribution in [-0.4, -0.2) is 33.7 Å². The van der Waals surface area contributed by atoms with E-state index >= 15 is 0 Å². The highest BCUT2D eigenvalue weighted by molar-refractivity contribution is 7.92. The highest BCUT2D eigenvalue weighted by Gasteiger charge is 2.23. The molecule has 1 atom stereocenters. The van der Waals surface area contributed by atoms with Crippen molar-refractivity contribution in [2.45, 2.75) is 19.9 Å². The first kappa shape index (κ1) is 21.6. The molecule has 3 rings (SSSR count). The summed E-state index contributed by atoms with van der Waals surface area (Å²) in [5.41, 5.74) is 1.39. The number of ether oxygens (including phenoxy) is 1. The lowest BCUT2D eigenvalue weighted by Gasteiger charge is -2.24. The molecule has 0 radical (unpaired) electrons. The molecule has 30 heavy (non-hydrogen) atoms. The topological polar surface area (TPSA) is 75.7 Å². The van der Waals surface area contributed by atoms with Crippen molar-refractivity contribution in [1.82, 2.24) is 5.32 Å². The third kappa shape index (κ3) is 5.10. The van der Waals surface area contributed by atoms with E-state index in [2.05, 4.69) is 5.32 Å². The van der Waals surface area contributed by atoms with Gasteiger partial charge >= 0.3 is 0 Å². The number of benzene rings is 3. The fraction of sp³-hybridized carbons (Fsp3) is 0.261. The van der Waals surface area contributed by atoms with E-state index in [9.17, 15) is 13.2 Å². The smallest absolute Gasteiger partial charge is 0.241 e. The lowest BCUT2D eigenvalue weighted by atomic mass is 10.1. The second kappa shape index (κ2) is 9.17. The Bertz CT molecular complexity index is 1120. The third-order valence-corrected chi connectivity index (χ3v) is 5.92. The normalized spacial score (nSPS) is 12.4. The Labute approximate surface area is 177 Å². The Morgan fingerprint density at radius 3 is 2.37 bits per heavy atom. The molecule has 0 bridgehead atoms. The number of sulfonamides is 1. The number of amides is 1. The fourth-order valence-electron chi connectivity index (χ4n) is 3.33. The summed E-state index contributed by atoms with van der Waals surface area (Å²) in [5.74, 6) is 0.383. The van der Waals surface area contributed by atoms with Crippen molar-refractivity contribution in [3.05, 3.63) is 72.3 Å². The lowest BCUT2D eigenvalue weighted by molar-refractivity contribution is -0.120. The predicted molar refractivity (Wildman–Crippen MR) is 120 cm³/mol. The average Bonchev–Trinajstić information content (AvgIpc) is 2.71. The molecule has 0 unspecified atom stereocenters. The lowest BCUT2D eigenvalue weighted by Crippen LogP contribution is -2.41. The molecule has 0 saturated carbocycles. The van der Waals surface area contributed by atoms with Crippen LogP contribution in [-0.2, 0) is 14.8 Å². The molecule has 0 heterocycles. The molecule has 0 saturated heterocycles. The molecule has 3 aromatic carbocycles. The van der Waals surface area contributed by atoms with Crippen molar-refractivity contribution < 1.29 is 17.9 Å². The van der Waals surface area contributed by atoms with Crippen LogP contribution in [0.3, 0.4) is 0 Å². The minimum atomic E-state index is -3.66. The first-order chi connectivity index (χ1) is 14.3. The third-order valence-electron chi connectivity index (χ3n) is 4.79. The van der Waals surface area contributed by atoms with Crippen LogP contribution < -0.4 is 14.4 Å². The van der Waals surface area contributed by atoms with Crippen LogP contribution in [0.5, 0.6) is 5.75 Å². The maximum atomic E-state index is 12.7. The van der Waals surface area contributed by atoms with E-state index in [0.717, 1.165) is 32.6 Å². The number of anilines is 1. The number of nitrogens with one attached hydrogen (secondary N) is 1. The SMILES string of the molecule is CCOc1ccc([C@H](C)NC(=O)CN(c2cccc3ccccc23)S(C)(=O)=O)cc1. The first-order valence-electron chi connectivity index (χ1n) is 9.77. The van der Waals surface area contributed by atoms with Crippen molar-refractivity contribution in [3.8, 4) is 5.75 Å². The van der Waals surface area contributed by atoms with Gasteiger partial charge < -0.3 is 10.1 Å². The summed E-state index contributed by atoms with van der Waals surface area (Å²) in [6.45, 7) is 4.06. The van der Waals surface area contributed by atoms with Crippen LogP contribution in [0.25, 0.3) is 10.8 Å². The molecule has 0 aliphatic heterocycles. The van der Waals surface area contributed by atoms with E-state index in [0.29, 0.717) is 12.3 Å². The summed E-state index contributed by atoms with van der Waals surface area (Å²) in [7, 11) is -3.66. The largest absolute Gasteiger partial charge is 0.494 e. The summed E-state index contributed by atoms with van der Waals surface area (Å²) >= 11 is 0. The molecule has 1 N–H and O–H groups in total. The van der Waals surface area contributed by atoms with Gasteiger partial charge in [-0.2, -0.15) is 0 Å². The molecule has 0 aliphatic carbocycles. The second-order valence-corrected chi connectivity index (χ2v) is 8.97. The van der Waals surface area contributed by atoms with Gasteiger partial charge in [0.1, 0.15) is 12.3 Å². The molecule has 0 aliphatic rings. The summed E-state index contributed by atoms with van der Waals surface area (Å²) in [6.07, 6.45) is 1.11. The van der Waals surface area contributed by atoms with Gasteiger partial charge in [0.15, 0.2) is 0 Å². The average molecular weight is 427 g/mol. The quantitative estimate of drug-likeness (QED) is 0.593. The Morgan fingerprint density at radius 2 is 1.70 bits per heavy atom. The van der Waals surface area contributed by atoms with Crippen LogP contribution in [0.4, 0.5) is 5.69 Å². The van der Waals surface area contributed by atoms with E-state index in [4.69, 9.17) is 4.74 Å². The van der Waals surface area contributed by atoms with E-state index in [1.165, 1.54) is 0 Å². The zero-order chi connectivity index (χ0) is 21.7. The Kier molecular flexibility index (Phi) is 6.62. The van der Waals surface area contributed by atoms with E-state index in [-0.39, 0.29) is 18.5 Å². The summed E-state index contributed by atoms with van der Waals surface area (Å²) < 4.78 is 31.6. The number of nitrogens with zero attached hydrogens (tertiary/aromatic N) is 1. The van der Waals surface area contributed by atoms with Crippen LogP contribution in [0.1, 0.15) is 25.5 Å². The van der Waals surface area contributed by atoms with Crippen molar-refractivity contribution in [2.75, 3.05) is 23.7 Å². The first-order valence-corrected chi connectivity index (χ1v) is 11.6. The highest BCUT2D eigenvalue weighted by atomic mass is 32.2. The number of rotatable bonds is 8. The molecule has 0 aromatic heterocycles. The molecule has 0 spiro atoms. The van der Waals surface area contributed by atoms with Gasteiger partial charge in [0.05, 0.1) is 24.6 Å². The molecule has 158 valence electrons. The minimum absolute atomic E-state index is 0.276. The molecule has 0 fully saturated rings. The van der Waals surface area contributed by atoms with Gasteiger partial charge in [-0.3, -0.25) is 9.10 Å². The summed E-state index contributed by atoms with van der Waals surface area (Å²) in [4.78, 5) is 12.7. The number of hydrogen-bond donors (Lipinski definition) is 1. The molecular weight excluding hydrogens is 400 g/mol. The van der Waals surface area contributed by atoms with E-state index in [1.807, 2.05) is 68.4 Å². The Morgan fingerprint density at radius 1 is 1.03 bits per heavy atom. The van der Waals surface area contributed by atoms with E-state index < -0.39 is 10.0 Å². The van der Waals surface area contributed by atoms with Crippen molar-refractivity contribution in [2.24, 2.45) is 0 Å². The van der Waals surface area contributed by atoms with E-state index in [1.54, 1.807) is 12.1 Å². The van der Waals surface area contributed by atoms with Gasteiger partial charge in [-0.25, -0.2) is 8.42 Å². The zero-order valence-electron chi connectivity index (χ0n) is 17.3. The minimum Gasteiger partial charge on any atom is -0.494 e. The summed E-state index contributed by atoms with van der Waals surface area (Å²) in [6, 6.07) is 20.1.